The molecule has 5 nitrogen and oxygen atoms in total. The predicted molar refractivity (Wildman–Crippen MR) is 73.6 cm³/mol. The van der Waals surface area contributed by atoms with Gasteiger partial charge < -0.3 is 15.0 Å². The summed E-state index contributed by atoms with van der Waals surface area (Å²) in [6.45, 7) is 7.87. The molecule has 1 fully saturated rings. The SMILES string of the molecule is CCC(C)C1NC(=O)CCN(CC(C)COC)C1=O. The summed E-state index contributed by atoms with van der Waals surface area (Å²) < 4.78 is 5.11. The quantitative estimate of drug-likeness (QED) is 0.784. The van der Waals surface area contributed by atoms with Gasteiger partial charge in [-0.05, 0) is 11.8 Å². The number of nitrogens with zero attached hydrogens (tertiary/aromatic N) is 1. The molecule has 1 saturated heterocycles. The molecular weight excluding hydrogens is 244 g/mol. The van der Waals surface area contributed by atoms with Crippen LogP contribution in [0.15, 0.2) is 0 Å². The van der Waals surface area contributed by atoms with Crippen LogP contribution >= 0.6 is 0 Å². The van der Waals surface area contributed by atoms with Crippen molar-refractivity contribution < 1.29 is 14.3 Å². The lowest BCUT2D eigenvalue weighted by Crippen LogP contribution is -2.49. The minimum absolute atomic E-state index is 0.0273. The number of nitrogens with one attached hydrogen (secondary N) is 1. The maximum Gasteiger partial charge on any atom is 0.245 e. The third kappa shape index (κ3) is 4.49. The summed E-state index contributed by atoms with van der Waals surface area (Å²) in [6.07, 6.45) is 1.26. The van der Waals surface area contributed by atoms with Crippen LogP contribution in [0.5, 0.6) is 0 Å². The number of ether oxygens (including phenoxy) is 1. The smallest absolute Gasteiger partial charge is 0.245 e. The van der Waals surface area contributed by atoms with Gasteiger partial charge in [0.25, 0.3) is 0 Å². The van der Waals surface area contributed by atoms with Crippen LogP contribution in [0, 0.1) is 11.8 Å². The Kier molecular flexibility index (Phi) is 6.28. The number of carbonyl (C=O) groups is 2. The number of amides is 2. The maximum atomic E-state index is 12.5. The lowest BCUT2D eigenvalue weighted by atomic mass is 9.98. The van der Waals surface area contributed by atoms with Crippen molar-refractivity contribution in [1.82, 2.24) is 10.2 Å². The minimum Gasteiger partial charge on any atom is -0.384 e. The molecule has 1 aliphatic heterocycles. The number of methoxy groups -OCH3 is 1. The molecule has 0 aromatic rings. The Morgan fingerprint density at radius 2 is 2.11 bits per heavy atom. The molecule has 0 bridgehead atoms. The highest BCUT2D eigenvalue weighted by molar-refractivity contribution is 5.90. The molecule has 0 radical (unpaired) electrons. The highest BCUT2D eigenvalue weighted by Gasteiger charge is 2.33. The molecule has 0 aromatic heterocycles. The fourth-order valence-electron chi connectivity index (χ4n) is 2.37. The predicted octanol–water partition coefficient (Wildman–Crippen LogP) is 1.03. The molecule has 3 atom stereocenters. The molecule has 0 aliphatic carbocycles. The first-order chi connectivity index (χ1) is 8.99. The van der Waals surface area contributed by atoms with Crippen LogP contribution in [0.4, 0.5) is 0 Å². The van der Waals surface area contributed by atoms with Crippen molar-refractivity contribution in [3.63, 3.8) is 0 Å². The zero-order valence-electron chi connectivity index (χ0n) is 12.4. The molecule has 5 heteroatoms. The molecule has 0 spiro atoms. The largest absolute Gasteiger partial charge is 0.384 e. The average Bonchev–Trinajstić information content (AvgIpc) is 2.51. The topological polar surface area (TPSA) is 58.6 Å². The van der Waals surface area contributed by atoms with Gasteiger partial charge in [0.2, 0.25) is 11.8 Å². The Labute approximate surface area is 115 Å². The van der Waals surface area contributed by atoms with E-state index in [1.54, 1.807) is 12.0 Å². The van der Waals surface area contributed by atoms with E-state index in [0.29, 0.717) is 26.1 Å². The Hall–Kier alpha value is -1.10. The second-order valence-electron chi connectivity index (χ2n) is 5.53. The molecule has 2 amide bonds. The molecule has 3 unspecified atom stereocenters. The molecule has 1 rings (SSSR count). The van der Waals surface area contributed by atoms with E-state index in [1.165, 1.54) is 0 Å². The summed E-state index contributed by atoms with van der Waals surface area (Å²) in [5, 5.41) is 2.85. The van der Waals surface area contributed by atoms with Gasteiger partial charge in [-0.1, -0.05) is 27.2 Å². The van der Waals surface area contributed by atoms with Crippen LogP contribution in [-0.4, -0.2) is 49.6 Å². The van der Waals surface area contributed by atoms with Crippen LogP contribution < -0.4 is 5.32 Å². The average molecular weight is 270 g/mol. The zero-order valence-corrected chi connectivity index (χ0v) is 12.4. The summed E-state index contributed by atoms with van der Waals surface area (Å²) >= 11 is 0. The molecule has 0 saturated carbocycles. The molecule has 1 aliphatic rings. The second kappa shape index (κ2) is 7.48. The van der Waals surface area contributed by atoms with Crippen LogP contribution in [0.2, 0.25) is 0 Å². The van der Waals surface area contributed by atoms with E-state index >= 15 is 0 Å². The number of hydrogen-bond acceptors (Lipinski definition) is 3. The monoisotopic (exact) mass is 270 g/mol. The summed E-state index contributed by atoms with van der Waals surface area (Å²) in [5.41, 5.74) is 0. The first-order valence-electron chi connectivity index (χ1n) is 7.06. The molecule has 19 heavy (non-hydrogen) atoms. The highest BCUT2D eigenvalue weighted by Crippen LogP contribution is 2.15. The Balaban J connectivity index is 2.74. The van der Waals surface area contributed by atoms with Crippen LogP contribution in [0.3, 0.4) is 0 Å². The van der Waals surface area contributed by atoms with Gasteiger partial charge in [-0.3, -0.25) is 9.59 Å². The number of hydrogen-bond donors (Lipinski definition) is 1. The van der Waals surface area contributed by atoms with Gasteiger partial charge in [-0.2, -0.15) is 0 Å². The van der Waals surface area contributed by atoms with Crippen LogP contribution in [0.25, 0.3) is 0 Å². The van der Waals surface area contributed by atoms with Gasteiger partial charge in [0.15, 0.2) is 0 Å². The summed E-state index contributed by atoms with van der Waals surface area (Å²) in [5.74, 6) is 0.457. The van der Waals surface area contributed by atoms with Crippen molar-refractivity contribution in [2.45, 2.75) is 39.7 Å². The Morgan fingerprint density at radius 3 is 2.68 bits per heavy atom. The van der Waals surface area contributed by atoms with Gasteiger partial charge in [0, 0.05) is 26.6 Å². The van der Waals surface area contributed by atoms with Crippen molar-refractivity contribution in [2.24, 2.45) is 11.8 Å². The summed E-state index contributed by atoms with van der Waals surface area (Å²) in [7, 11) is 1.66. The van der Waals surface area contributed by atoms with E-state index in [-0.39, 0.29) is 29.7 Å². The molecule has 110 valence electrons. The first kappa shape index (κ1) is 16.0. The highest BCUT2D eigenvalue weighted by atomic mass is 16.5. The van der Waals surface area contributed by atoms with Gasteiger partial charge >= 0.3 is 0 Å². The van der Waals surface area contributed by atoms with Crippen molar-refractivity contribution in [3.05, 3.63) is 0 Å². The lowest BCUT2D eigenvalue weighted by molar-refractivity contribution is -0.135. The van der Waals surface area contributed by atoms with E-state index in [4.69, 9.17) is 4.74 Å². The number of rotatable bonds is 6. The van der Waals surface area contributed by atoms with Crippen molar-refractivity contribution in [2.75, 3.05) is 26.8 Å². The summed E-state index contributed by atoms with van der Waals surface area (Å²) in [4.78, 5) is 26.0. The van der Waals surface area contributed by atoms with Crippen molar-refractivity contribution in [3.8, 4) is 0 Å². The molecular formula is C14H26N2O3. The van der Waals surface area contributed by atoms with E-state index in [1.807, 2.05) is 13.8 Å². The fourth-order valence-corrected chi connectivity index (χ4v) is 2.37. The van der Waals surface area contributed by atoms with E-state index in [9.17, 15) is 9.59 Å². The maximum absolute atomic E-state index is 12.5. The normalized spacial score (nSPS) is 23.8. The van der Waals surface area contributed by atoms with Crippen molar-refractivity contribution >= 4 is 11.8 Å². The van der Waals surface area contributed by atoms with Crippen LogP contribution in [0.1, 0.15) is 33.6 Å². The Bertz CT molecular complexity index is 320. The van der Waals surface area contributed by atoms with E-state index < -0.39 is 0 Å². The zero-order chi connectivity index (χ0) is 14.4. The number of carbonyl (C=O) groups excluding carboxylic acids is 2. The van der Waals surface area contributed by atoms with Gasteiger partial charge in [-0.25, -0.2) is 0 Å². The van der Waals surface area contributed by atoms with Gasteiger partial charge in [0.05, 0.1) is 6.61 Å². The fraction of sp³-hybridized carbons (Fsp3) is 0.857. The second-order valence-corrected chi connectivity index (χ2v) is 5.53. The van der Waals surface area contributed by atoms with Gasteiger partial charge in [-0.15, -0.1) is 0 Å². The third-order valence-electron chi connectivity index (χ3n) is 3.70. The standard InChI is InChI=1S/C14H26N2O3/c1-5-11(3)13-14(18)16(7-6-12(17)15-13)8-10(2)9-19-4/h10-11,13H,5-9H2,1-4H3,(H,15,17). The third-order valence-corrected chi connectivity index (χ3v) is 3.70. The molecule has 0 aromatic carbocycles. The minimum atomic E-state index is -0.380. The van der Waals surface area contributed by atoms with E-state index in [0.717, 1.165) is 6.42 Å². The first-order valence-corrected chi connectivity index (χ1v) is 7.06. The Morgan fingerprint density at radius 1 is 1.42 bits per heavy atom. The molecule has 1 N–H and O–H groups in total. The van der Waals surface area contributed by atoms with Crippen molar-refractivity contribution in [1.29, 1.82) is 0 Å². The van der Waals surface area contributed by atoms with Gasteiger partial charge in [0.1, 0.15) is 6.04 Å². The van der Waals surface area contributed by atoms with E-state index in [2.05, 4.69) is 12.2 Å². The van der Waals surface area contributed by atoms with Crippen LogP contribution in [-0.2, 0) is 14.3 Å². The molecule has 1 heterocycles. The summed E-state index contributed by atoms with van der Waals surface area (Å²) in [6, 6.07) is -0.380. The lowest BCUT2D eigenvalue weighted by Gasteiger charge is -2.29.